The first-order valence-corrected chi connectivity index (χ1v) is 11.3. The minimum Gasteiger partial charge on any atom is -0.496 e. The number of carbonyl (C=O) groups excluding carboxylic acids is 2. The topological polar surface area (TPSA) is 86.1 Å². The molecular formula is C24H19ClN4O3S. The summed E-state index contributed by atoms with van der Waals surface area (Å²) in [5.41, 5.74) is 1.94. The smallest absolute Gasteiger partial charge is 0.257 e. The predicted molar refractivity (Wildman–Crippen MR) is 128 cm³/mol. The number of benzene rings is 3. The molecule has 4 aromatic rings. The van der Waals surface area contributed by atoms with Gasteiger partial charge in [0.2, 0.25) is 5.91 Å². The van der Waals surface area contributed by atoms with E-state index in [4.69, 9.17) is 16.3 Å². The zero-order chi connectivity index (χ0) is 23.2. The standard InChI is InChI=1S/C24H19ClN4O3S/c1-32-20-10-6-5-9-19(20)22-27-28-24(29(22)18-13-11-17(25)12-14-18)33-15-21(30)26-23(31)16-7-3-2-4-8-16/h2-14H,15H2,1H3,(H,26,30,31). The number of nitrogens with one attached hydrogen (secondary N) is 1. The number of rotatable bonds is 7. The molecule has 9 heteroatoms. The molecule has 33 heavy (non-hydrogen) atoms. The number of carbonyl (C=O) groups is 2. The van der Waals surface area contributed by atoms with Crippen LogP contribution in [0.15, 0.2) is 84.0 Å². The zero-order valence-electron chi connectivity index (χ0n) is 17.6. The van der Waals surface area contributed by atoms with E-state index in [0.29, 0.717) is 27.3 Å². The lowest BCUT2D eigenvalue weighted by atomic mass is 10.2. The Hall–Kier alpha value is -3.62. The molecule has 1 heterocycles. The Labute approximate surface area is 199 Å². The number of nitrogens with zero attached hydrogens (tertiary/aromatic N) is 3. The first-order chi connectivity index (χ1) is 16.1. The average molecular weight is 479 g/mol. The molecule has 2 amide bonds. The van der Waals surface area contributed by atoms with Gasteiger partial charge in [0.25, 0.3) is 5.91 Å². The van der Waals surface area contributed by atoms with Crippen LogP contribution in [0.2, 0.25) is 5.02 Å². The highest BCUT2D eigenvalue weighted by molar-refractivity contribution is 7.99. The Morgan fingerprint density at radius 1 is 0.970 bits per heavy atom. The van der Waals surface area contributed by atoms with E-state index in [1.807, 2.05) is 41.0 Å². The van der Waals surface area contributed by atoms with Gasteiger partial charge in [0.1, 0.15) is 5.75 Å². The van der Waals surface area contributed by atoms with E-state index >= 15 is 0 Å². The van der Waals surface area contributed by atoms with Crippen LogP contribution < -0.4 is 10.1 Å². The maximum atomic E-state index is 12.4. The number of thioether (sulfide) groups is 1. The molecule has 0 atom stereocenters. The van der Waals surface area contributed by atoms with Crippen molar-refractivity contribution in [3.8, 4) is 22.8 Å². The lowest BCUT2D eigenvalue weighted by molar-refractivity contribution is -0.117. The fourth-order valence-corrected chi connectivity index (χ4v) is 4.02. The number of halogens is 1. The van der Waals surface area contributed by atoms with Gasteiger partial charge in [-0.15, -0.1) is 10.2 Å². The van der Waals surface area contributed by atoms with Gasteiger partial charge in [-0.25, -0.2) is 0 Å². The van der Waals surface area contributed by atoms with Gasteiger partial charge in [-0.05, 0) is 48.5 Å². The molecular weight excluding hydrogens is 460 g/mol. The fraction of sp³-hybridized carbons (Fsp3) is 0.0833. The molecule has 0 unspecified atom stereocenters. The molecule has 1 N–H and O–H groups in total. The van der Waals surface area contributed by atoms with Crippen LogP contribution >= 0.6 is 23.4 Å². The SMILES string of the molecule is COc1ccccc1-c1nnc(SCC(=O)NC(=O)c2ccccc2)n1-c1ccc(Cl)cc1. The van der Waals surface area contributed by atoms with E-state index in [9.17, 15) is 9.59 Å². The summed E-state index contributed by atoms with van der Waals surface area (Å²) in [7, 11) is 1.59. The quantitative estimate of drug-likeness (QED) is 0.389. The van der Waals surface area contributed by atoms with Crippen molar-refractivity contribution in [1.82, 2.24) is 20.1 Å². The van der Waals surface area contributed by atoms with Gasteiger partial charge in [-0.2, -0.15) is 0 Å². The van der Waals surface area contributed by atoms with Gasteiger partial charge in [-0.3, -0.25) is 19.5 Å². The summed E-state index contributed by atoms with van der Waals surface area (Å²) in [6, 6.07) is 23.3. The van der Waals surface area contributed by atoms with Gasteiger partial charge < -0.3 is 4.74 Å². The van der Waals surface area contributed by atoms with Crippen molar-refractivity contribution in [3.05, 3.63) is 89.4 Å². The van der Waals surface area contributed by atoms with Gasteiger partial charge in [0.05, 0.1) is 18.4 Å². The molecule has 1 aromatic heterocycles. The molecule has 0 spiro atoms. The lowest BCUT2D eigenvalue weighted by Gasteiger charge is -2.12. The number of methoxy groups -OCH3 is 1. The zero-order valence-corrected chi connectivity index (χ0v) is 19.1. The highest BCUT2D eigenvalue weighted by atomic mass is 35.5. The monoisotopic (exact) mass is 478 g/mol. The largest absolute Gasteiger partial charge is 0.496 e. The molecule has 0 aliphatic carbocycles. The maximum Gasteiger partial charge on any atom is 0.257 e. The van der Waals surface area contributed by atoms with E-state index in [1.54, 1.807) is 49.6 Å². The number of hydrogen-bond donors (Lipinski definition) is 1. The molecule has 3 aromatic carbocycles. The number of amides is 2. The molecule has 0 bridgehead atoms. The highest BCUT2D eigenvalue weighted by Gasteiger charge is 2.20. The Morgan fingerprint density at radius 3 is 2.39 bits per heavy atom. The molecule has 7 nitrogen and oxygen atoms in total. The van der Waals surface area contributed by atoms with E-state index in [-0.39, 0.29) is 5.75 Å². The summed E-state index contributed by atoms with van der Waals surface area (Å²) in [6.45, 7) is 0. The van der Waals surface area contributed by atoms with Crippen molar-refractivity contribution in [2.24, 2.45) is 0 Å². The Morgan fingerprint density at radius 2 is 1.67 bits per heavy atom. The van der Waals surface area contributed by atoms with Crippen LogP contribution in [0.1, 0.15) is 10.4 Å². The number of ether oxygens (including phenoxy) is 1. The summed E-state index contributed by atoms with van der Waals surface area (Å²) in [5.74, 6) is 0.297. The number of para-hydroxylation sites is 1. The molecule has 0 saturated heterocycles. The Kier molecular flexibility index (Phi) is 7.07. The Bertz CT molecular complexity index is 1280. The third-order valence-electron chi connectivity index (χ3n) is 4.69. The summed E-state index contributed by atoms with van der Waals surface area (Å²) < 4.78 is 7.32. The first-order valence-electron chi connectivity index (χ1n) is 9.93. The van der Waals surface area contributed by atoms with E-state index in [0.717, 1.165) is 11.3 Å². The minimum atomic E-state index is -0.449. The summed E-state index contributed by atoms with van der Waals surface area (Å²) in [5, 5.41) is 12.1. The predicted octanol–water partition coefficient (Wildman–Crippen LogP) is 4.65. The van der Waals surface area contributed by atoms with Crippen molar-refractivity contribution < 1.29 is 14.3 Å². The van der Waals surface area contributed by atoms with E-state index < -0.39 is 11.8 Å². The Balaban J connectivity index is 1.60. The van der Waals surface area contributed by atoms with Gasteiger partial charge in [0, 0.05) is 16.3 Å². The normalized spacial score (nSPS) is 10.6. The van der Waals surface area contributed by atoms with Crippen LogP contribution in [0.4, 0.5) is 0 Å². The number of imide groups is 1. The van der Waals surface area contributed by atoms with Crippen LogP contribution in [-0.2, 0) is 4.79 Å². The summed E-state index contributed by atoms with van der Waals surface area (Å²) in [4.78, 5) is 24.7. The molecule has 4 rings (SSSR count). The van der Waals surface area contributed by atoms with Gasteiger partial charge >= 0.3 is 0 Å². The fourth-order valence-electron chi connectivity index (χ4n) is 3.14. The first kappa shape index (κ1) is 22.6. The second kappa shape index (κ2) is 10.3. The lowest BCUT2D eigenvalue weighted by Crippen LogP contribution is -2.31. The second-order valence-corrected chi connectivity index (χ2v) is 8.23. The number of aromatic nitrogens is 3. The minimum absolute atomic E-state index is 0.0176. The van der Waals surface area contributed by atoms with Crippen LogP contribution in [0.5, 0.6) is 5.75 Å². The molecule has 0 aliphatic heterocycles. The molecule has 166 valence electrons. The van der Waals surface area contributed by atoms with E-state index in [2.05, 4.69) is 15.5 Å². The summed E-state index contributed by atoms with van der Waals surface area (Å²) in [6.07, 6.45) is 0. The van der Waals surface area contributed by atoms with Crippen LogP contribution in [0, 0.1) is 0 Å². The van der Waals surface area contributed by atoms with E-state index in [1.165, 1.54) is 11.8 Å². The molecule has 0 aliphatic rings. The van der Waals surface area contributed by atoms with Crippen molar-refractivity contribution in [2.75, 3.05) is 12.9 Å². The summed E-state index contributed by atoms with van der Waals surface area (Å²) >= 11 is 7.24. The highest BCUT2D eigenvalue weighted by Crippen LogP contribution is 2.33. The average Bonchev–Trinajstić information content (AvgIpc) is 3.27. The molecule has 0 fully saturated rings. The van der Waals surface area contributed by atoms with Gasteiger partial charge in [-0.1, -0.05) is 53.7 Å². The van der Waals surface area contributed by atoms with Gasteiger partial charge in [0.15, 0.2) is 11.0 Å². The van der Waals surface area contributed by atoms with Crippen LogP contribution in [-0.4, -0.2) is 39.4 Å². The maximum absolute atomic E-state index is 12.4. The number of hydrogen-bond acceptors (Lipinski definition) is 6. The third-order valence-corrected chi connectivity index (χ3v) is 5.87. The second-order valence-electron chi connectivity index (χ2n) is 6.85. The van der Waals surface area contributed by atoms with Crippen molar-refractivity contribution in [1.29, 1.82) is 0 Å². The van der Waals surface area contributed by atoms with Crippen molar-refractivity contribution in [3.63, 3.8) is 0 Å². The van der Waals surface area contributed by atoms with Crippen molar-refractivity contribution in [2.45, 2.75) is 5.16 Å². The molecule has 0 saturated carbocycles. The van der Waals surface area contributed by atoms with Crippen LogP contribution in [0.25, 0.3) is 17.1 Å². The van der Waals surface area contributed by atoms with Crippen LogP contribution in [0.3, 0.4) is 0 Å². The van der Waals surface area contributed by atoms with Crippen molar-refractivity contribution >= 4 is 35.2 Å². The molecule has 0 radical (unpaired) electrons. The third kappa shape index (κ3) is 5.24.